The number of carbonyl (C=O) groups excluding carboxylic acids is 3. The van der Waals surface area contributed by atoms with E-state index in [1.807, 2.05) is 18.2 Å². The number of cyclic esters (lactones) is 2. The van der Waals surface area contributed by atoms with Gasteiger partial charge < -0.3 is 9.47 Å². The number of rotatable bonds is 3. The van der Waals surface area contributed by atoms with Gasteiger partial charge in [-0.25, -0.2) is 0 Å². The second-order valence-electron chi connectivity index (χ2n) is 6.22. The summed E-state index contributed by atoms with van der Waals surface area (Å²) < 4.78 is 9.92. The second kappa shape index (κ2) is 6.24. The van der Waals surface area contributed by atoms with Crippen LogP contribution in [0.25, 0.3) is 0 Å². The normalized spacial score (nSPS) is 29.1. The van der Waals surface area contributed by atoms with E-state index in [9.17, 15) is 14.4 Å². The van der Waals surface area contributed by atoms with Crippen LogP contribution in [0, 0.1) is 17.3 Å². The molecule has 1 N–H and O–H groups in total. The first-order valence-electron chi connectivity index (χ1n) is 7.81. The second-order valence-corrected chi connectivity index (χ2v) is 6.22. The van der Waals surface area contributed by atoms with Gasteiger partial charge in [-0.05, 0) is 18.1 Å². The summed E-state index contributed by atoms with van der Waals surface area (Å²) in [6.07, 6.45) is -0.921. The monoisotopic (exact) mass is 333 g/mol. The highest BCUT2D eigenvalue weighted by Gasteiger charge is 2.64. The molecular formula is C17H19NO6. The molecule has 0 bridgehead atoms. The minimum atomic E-state index is -1.52. The Morgan fingerprint density at radius 3 is 2.33 bits per heavy atom. The van der Waals surface area contributed by atoms with Crippen LogP contribution in [0.4, 0.5) is 5.69 Å². The zero-order chi connectivity index (χ0) is 17.3. The van der Waals surface area contributed by atoms with Crippen molar-refractivity contribution in [2.45, 2.75) is 26.4 Å². The number of anilines is 1. The van der Waals surface area contributed by atoms with E-state index in [1.165, 1.54) is 0 Å². The Morgan fingerprint density at radius 2 is 1.71 bits per heavy atom. The predicted molar refractivity (Wildman–Crippen MR) is 82.4 cm³/mol. The summed E-state index contributed by atoms with van der Waals surface area (Å²) in [6, 6.07) is 9.04. The van der Waals surface area contributed by atoms with Crippen molar-refractivity contribution in [1.29, 1.82) is 0 Å². The van der Waals surface area contributed by atoms with Crippen LogP contribution in [0.3, 0.4) is 0 Å². The predicted octanol–water partition coefficient (Wildman–Crippen LogP) is 1.69. The molecular weight excluding hydrogens is 314 g/mol. The highest BCUT2D eigenvalue weighted by atomic mass is 16.7. The lowest BCUT2D eigenvalue weighted by atomic mass is 9.59. The maximum atomic E-state index is 12.4. The van der Waals surface area contributed by atoms with E-state index in [2.05, 4.69) is 5.48 Å². The van der Waals surface area contributed by atoms with Gasteiger partial charge in [0.05, 0.1) is 5.69 Å². The van der Waals surface area contributed by atoms with Crippen LogP contribution in [0.5, 0.6) is 0 Å². The fraction of sp³-hybridized carbons (Fsp3) is 0.471. The third kappa shape index (κ3) is 2.45. The SMILES string of the molecule is C[C@@H]1[C@@H](ONc2ccccc2)C(=O)C[C@H](C)C12C(=O)OCOC2=O. The molecule has 7 nitrogen and oxygen atoms in total. The maximum Gasteiger partial charge on any atom is 0.327 e. The molecule has 128 valence electrons. The van der Waals surface area contributed by atoms with Gasteiger partial charge in [-0.2, -0.15) is 0 Å². The third-order valence-corrected chi connectivity index (χ3v) is 4.91. The molecule has 3 rings (SSSR count). The van der Waals surface area contributed by atoms with Gasteiger partial charge in [-0.3, -0.25) is 24.7 Å². The fourth-order valence-electron chi connectivity index (χ4n) is 3.58. The van der Waals surface area contributed by atoms with Crippen molar-refractivity contribution in [3.63, 3.8) is 0 Å². The van der Waals surface area contributed by atoms with Gasteiger partial charge in [0.15, 0.2) is 11.2 Å². The number of esters is 2. The topological polar surface area (TPSA) is 90.9 Å². The molecule has 2 aliphatic rings. The minimum Gasteiger partial charge on any atom is -0.427 e. The molecule has 1 spiro atoms. The van der Waals surface area contributed by atoms with Crippen LogP contribution in [0.15, 0.2) is 30.3 Å². The average Bonchev–Trinajstić information content (AvgIpc) is 2.55. The summed E-state index contributed by atoms with van der Waals surface area (Å²) in [6.45, 7) is 2.93. The molecule has 24 heavy (non-hydrogen) atoms. The van der Waals surface area contributed by atoms with Gasteiger partial charge in [0.1, 0.15) is 6.10 Å². The summed E-state index contributed by atoms with van der Waals surface area (Å²) in [5.74, 6) is -2.71. The Morgan fingerprint density at radius 1 is 1.08 bits per heavy atom. The lowest BCUT2D eigenvalue weighted by Crippen LogP contribution is -2.62. The number of hydrogen-bond donors (Lipinski definition) is 1. The van der Waals surface area contributed by atoms with Crippen molar-refractivity contribution < 1.29 is 28.7 Å². The first kappa shape index (κ1) is 16.4. The molecule has 0 unspecified atom stereocenters. The molecule has 2 fully saturated rings. The highest BCUT2D eigenvalue weighted by Crippen LogP contribution is 2.48. The van der Waals surface area contributed by atoms with E-state index in [-0.39, 0.29) is 19.0 Å². The molecule has 1 saturated carbocycles. The summed E-state index contributed by atoms with van der Waals surface area (Å²) in [4.78, 5) is 42.8. The van der Waals surface area contributed by atoms with Crippen molar-refractivity contribution in [2.24, 2.45) is 17.3 Å². The van der Waals surface area contributed by atoms with Crippen LogP contribution in [-0.4, -0.2) is 30.6 Å². The van der Waals surface area contributed by atoms with E-state index in [0.717, 1.165) is 0 Å². The molecule has 0 aromatic heterocycles. The number of hydrogen-bond acceptors (Lipinski definition) is 7. The minimum absolute atomic E-state index is 0.0374. The Kier molecular flexibility index (Phi) is 4.28. The molecule has 1 heterocycles. The molecule has 3 atom stereocenters. The fourth-order valence-corrected chi connectivity index (χ4v) is 3.58. The van der Waals surface area contributed by atoms with Gasteiger partial charge in [0.25, 0.3) is 0 Å². The Hall–Kier alpha value is -2.41. The van der Waals surface area contributed by atoms with Gasteiger partial charge in [0.2, 0.25) is 6.79 Å². The number of Topliss-reactive ketones (excluding diaryl/α,β-unsaturated/α-hetero) is 1. The highest BCUT2D eigenvalue weighted by molar-refractivity contribution is 6.04. The Balaban J connectivity index is 1.86. The van der Waals surface area contributed by atoms with Gasteiger partial charge in [-0.15, -0.1) is 0 Å². The van der Waals surface area contributed by atoms with E-state index in [0.29, 0.717) is 5.69 Å². The lowest BCUT2D eigenvalue weighted by molar-refractivity contribution is -0.219. The Labute approximate surface area is 139 Å². The van der Waals surface area contributed by atoms with Gasteiger partial charge in [-0.1, -0.05) is 32.0 Å². The summed E-state index contributed by atoms with van der Waals surface area (Å²) >= 11 is 0. The average molecular weight is 333 g/mol. The number of nitrogens with one attached hydrogen (secondary N) is 1. The third-order valence-electron chi connectivity index (χ3n) is 4.91. The molecule has 1 aromatic carbocycles. The van der Waals surface area contributed by atoms with Crippen LogP contribution in [0.2, 0.25) is 0 Å². The van der Waals surface area contributed by atoms with Crippen molar-refractivity contribution in [1.82, 2.24) is 0 Å². The smallest absolute Gasteiger partial charge is 0.327 e. The summed E-state index contributed by atoms with van der Waals surface area (Å²) in [5, 5.41) is 0. The lowest BCUT2D eigenvalue weighted by Gasteiger charge is -2.46. The maximum absolute atomic E-state index is 12.4. The first-order chi connectivity index (χ1) is 11.5. The summed E-state index contributed by atoms with van der Waals surface area (Å²) in [5.41, 5.74) is 1.86. The van der Waals surface area contributed by atoms with E-state index < -0.39 is 35.3 Å². The molecule has 7 heteroatoms. The number of ether oxygens (including phenoxy) is 2. The van der Waals surface area contributed by atoms with Crippen LogP contribution < -0.4 is 5.48 Å². The zero-order valence-corrected chi connectivity index (χ0v) is 13.5. The Bertz CT molecular complexity index is 642. The van der Waals surface area contributed by atoms with Crippen molar-refractivity contribution in [3.05, 3.63) is 30.3 Å². The quantitative estimate of drug-likeness (QED) is 0.511. The van der Waals surface area contributed by atoms with Crippen molar-refractivity contribution in [3.8, 4) is 0 Å². The number of benzene rings is 1. The standard InChI is InChI=1S/C17H19NO6/c1-10-8-13(19)14(24-18-12-6-4-3-5-7-12)11(2)17(10)15(20)22-9-23-16(17)21/h3-7,10-11,14,18H,8-9H2,1-2H3/t10-,11+,14+/m0/s1. The van der Waals surface area contributed by atoms with Crippen LogP contribution >= 0.6 is 0 Å². The molecule has 1 aromatic rings. The molecule has 0 amide bonds. The molecule has 1 aliphatic carbocycles. The number of ketones is 1. The molecule has 1 saturated heterocycles. The number of carbonyl (C=O) groups is 3. The van der Waals surface area contributed by atoms with E-state index >= 15 is 0 Å². The molecule has 1 aliphatic heterocycles. The molecule has 0 radical (unpaired) electrons. The van der Waals surface area contributed by atoms with Crippen molar-refractivity contribution in [2.75, 3.05) is 12.3 Å². The van der Waals surface area contributed by atoms with Crippen molar-refractivity contribution >= 4 is 23.4 Å². The van der Waals surface area contributed by atoms with Crippen LogP contribution in [0.1, 0.15) is 20.3 Å². The zero-order valence-electron chi connectivity index (χ0n) is 13.5. The van der Waals surface area contributed by atoms with Crippen LogP contribution in [-0.2, 0) is 28.7 Å². The largest absolute Gasteiger partial charge is 0.427 e. The first-order valence-corrected chi connectivity index (χ1v) is 7.81. The van der Waals surface area contributed by atoms with Gasteiger partial charge >= 0.3 is 11.9 Å². The summed E-state index contributed by atoms with van der Waals surface area (Å²) in [7, 11) is 0. The van der Waals surface area contributed by atoms with Gasteiger partial charge in [0, 0.05) is 12.3 Å². The number of para-hydroxylation sites is 1. The van der Waals surface area contributed by atoms with E-state index in [1.54, 1.807) is 26.0 Å². The van der Waals surface area contributed by atoms with E-state index in [4.69, 9.17) is 14.3 Å².